The van der Waals surface area contributed by atoms with Crippen molar-refractivity contribution >= 4 is 28.6 Å². The van der Waals surface area contributed by atoms with Gasteiger partial charge in [0, 0.05) is 16.8 Å². The number of hydrogen-bond donors (Lipinski definition) is 4. The molecule has 1 heterocycles. The molecule has 0 aliphatic heterocycles. The first kappa shape index (κ1) is 20.1. The largest absolute Gasteiger partial charge is 0.491 e. The van der Waals surface area contributed by atoms with Gasteiger partial charge in [-0.1, -0.05) is 0 Å². The number of H-pyrrole nitrogens is 1. The molecule has 4 aromatic rings. The predicted molar refractivity (Wildman–Crippen MR) is 115 cm³/mol. The monoisotopic (exact) mass is 417 g/mol. The van der Waals surface area contributed by atoms with E-state index in [1.54, 1.807) is 30.3 Å². The van der Waals surface area contributed by atoms with Crippen LogP contribution in [0.15, 0.2) is 66.7 Å². The minimum absolute atomic E-state index is 0.0438. The van der Waals surface area contributed by atoms with Gasteiger partial charge in [-0.05, 0) is 66.7 Å². The number of hydrogen-bond acceptors (Lipinski definition) is 5. The average Bonchev–Trinajstić information content (AvgIpc) is 3.21. The van der Waals surface area contributed by atoms with Crippen molar-refractivity contribution < 1.29 is 24.5 Å². The number of carbonyl (C=O) groups is 2. The van der Waals surface area contributed by atoms with Crippen molar-refractivity contribution in [3.63, 3.8) is 0 Å². The van der Waals surface area contributed by atoms with Crippen molar-refractivity contribution in [3.05, 3.63) is 77.9 Å². The Morgan fingerprint density at radius 1 is 0.968 bits per heavy atom. The quantitative estimate of drug-likeness (QED) is 0.364. The number of anilines is 1. The number of aliphatic hydroxyl groups excluding tert-OH is 1. The summed E-state index contributed by atoms with van der Waals surface area (Å²) in [4.78, 5) is 31.2. The van der Waals surface area contributed by atoms with Crippen LogP contribution >= 0.6 is 0 Å². The van der Waals surface area contributed by atoms with E-state index in [2.05, 4.69) is 15.3 Å². The Bertz CT molecular complexity index is 1230. The lowest BCUT2D eigenvalue weighted by Gasteiger charge is -2.05. The van der Waals surface area contributed by atoms with Crippen LogP contribution in [0, 0.1) is 0 Å². The highest BCUT2D eigenvalue weighted by molar-refractivity contribution is 6.05. The molecule has 156 valence electrons. The first-order valence-corrected chi connectivity index (χ1v) is 9.52. The smallest absolute Gasteiger partial charge is 0.335 e. The summed E-state index contributed by atoms with van der Waals surface area (Å²) in [6, 6.07) is 18.4. The van der Waals surface area contributed by atoms with E-state index in [0.29, 0.717) is 22.8 Å². The second-order valence-electron chi connectivity index (χ2n) is 6.75. The highest BCUT2D eigenvalue weighted by Crippen LogP contribution is 2.25. The van der Waals surface area contributed by atoms with Gasteiger partial charge in [-0.2, -0.15) is 0 Å². The number of rotatable bonds is 7. The summed E-state index contributed by atoms with van der Waals surface area (Å²) in [7, 11) is 0. The van der Waals surface area contributed by atoms with Gasteiger partial charge in [-0.25, -0.2) is 9.78 Å². The summed E-state index contributed by atoms with van der Waals surface area (Å²) < 4.78 is 5.36. The molecule has 31 heavy (non-hydrogen) atoms. The fourth-order valence-corrected chi connectivity index (χ4v) is 3.06. The lowest BCUT2D eigenvalue weighted by atomic mass is 10.1. The second-order valence-corrected chi connectivity index (χ2v) is 6.75. The summed E-state index contributed by atoms with van der Waals surface area (Å²) >= 11 is 0. The fraction of sp³-hybridized carbons (Fsp3) is 0.0870. The van der Waals surface area contributed by atoms with Gasteiger partial charge < -0.3 is 25.3 Å². The SMILES string of the molecule is O=C(O)c1ccc(C(=O)Nc2ccc3nc(-c4ccc(OCCO)cc4)[nH]c3c2)cc1. The summed E-state index contributed by atoms with van der Waals surface area (Å²) in [5, 5.41) is 20.6. The zero-order valence-electron chi connectivity index (χ0n) is 16.3. The zero-order chi connectivity index (χ0) is 21.8. The molecule has 0 aliphatic carbocycles. The molecule has 0 unspecified atom stereocenters. The van der Waals surface area contributed by atoms with Gasteiger partial charge in [0.2, 0.25) is 0 Å². The van der Waals surface area contributed by atoms with E-state index in [-0.39, 0.29) is 24.7 Å². The van der Waals surface area contributed by atoms with Crippen molar-refractivity contribution in [1.82, 2.24) is 9.97 Å². The maximum absolute atomic E-state index is 12.5. The number of fused-ring (bicyclic) bond motifs is 1. The van der Waals surface area contributed by atoms with E-state index in [9.17, 15) is 9.59 Å². The molecule has 3 aromatic carbocycles. The van der Waals surface area contributed by atoms with E-state index in [0.717, 1.165) is 16.6 Å². The number of carboxylic acid groups (broad SMARTS) is 1. The molecule has 1 aromatic heterocycles. The minimum atomic E-state index is -1.04. The van der Waals surface area contributed by atoms with Gasteiger partial charge in [0.15, 0.2) is 0 Å². The normalized spacial score (nSPS) is 10.7. The van der Waals surface area contributed by atoms with Gasteiger partial charge >= 0.3 is 5.97 Å². The van der Waals surface area contributed by atoms with Gasteiger partial charge in [0.1, 0.15) is 18.2 Å². The van der Waals surface area contributed by atoms with Crippen molar-refractivity contribution in [2.45, 2.75) is 0 Å². The van der Waals surface area contributed by atoms with Crippen LogP contribution in [0.3, 0.4) is 0 Å². The van der Waals surface area contributed by atoms with Crippen LogP contribution in [0.5, 0.6) is 5.75 Å². The Balaban J connectivity index is 1.50. The third-order valence-electron chi connectivity index (χ3n) is 4.62. The standard InChI is InChI=1S/C23H19N3O5/c27-11-12-31-18-8-5-14(6-9-18)21-25-19-10-7-17(13-20(19)26-21)24-22(28)15-1-3-16(4-2-15)23(29)30/h1-10,13,27H,11-12H2,(H,24,28)(H,25,26)(H,29,30). The van der Waals surface area contributed by atoms with Crippen molar-refractivity contribution in [2.24, 2.45) is 0 Å². The maximum atomic E-state index is 12.5. The number of ether oxygens (including phenoxy) is 1. The van der Waals surface area contributed by atoms with E-state index >= 15 is 0 Å². The van der Waals surface area contributed by atoms with Gasteiger partial charge in [-0.15, -0.1) is 0 Å². The van der Waals surface area contributed by atoms with E-state index in [1.807, 2.05) is 12.1 Å². The molecule has 0 spiro atoms. The Labute approximate surface area is 177 Å². The average molecular weight is 417 g/mol. The van der Waals surface area contributed by atoms with Crippen LogP contribution in [-0.2, 0) is 0 Å². The van der Waals surface area contributed by atoms with Gasteiger partial charge in [0.25, 0.3) is 5.91 Å². The number of aromatic nitrogens is 2. The lowest BCUT2D eigenvalue weighted by Crippen LogP contribution is -2.12. The number of carboxylic acids is 1. The first-order valence-electron chi connectivity index (χ1n) is 9.52. The van der Waals surface area contributed by atoms with Crippen LogP contribution in [0.1, 0.15) is 20.7 Å². The Morgan fingerprint density at radius 3 is 2.35 bits per heavy atom. The molecule has 4 rings (SSSR count). The molecule has 0 saturated heterocycles. The summed E-state index contributed by atoms with van der Waals surface area (Å²) in [5.74, 6) is -0.0407. The Morgan fingerprint density at radius 2 is 1.68 bits per heavy atom. The topological polar surface area (TPSA) is 125 Å². The lowest BCUT2D eigenvalue weighted by molar-refractivity contribution is 0.0696. The number of aromatic amines is 1. The highest BCUT2D eigenvalue weighted by Gasteiger charge is 2.10. The molecular formula is C23H19N3O5. The highest BCUT2D eigenvalue weighted by atomic mass is 16.5. The molecule has 0 atom stereocenters. The zero-order valence-corrected chi connectivity index (χ0v) is 16.3. The number of carbonyl (C=O) groups excluding carboxylic acids is 1. The van der Waals surface area contributed by atoms with Crippen LogP contribution in [0.25, 0.3) is 22.4 Å². The van der Waals surface area contributed by atoms with Crippen LogP contribution in [-0.4, -0.2) is 45.3 Å². The Kier molecular flexibility index (Phi) is 5.63. The molecule has 8 heteroatoms. The number of nitrogens with zero attached hydrogens (tertiary/aromatic N) is 1. The molecule has 4 N–H and O–H groups in total. The van der Waals surface area contributed by atoms with Crippen molar-refractivity contribution in [3.8, 4) is 17.1 Å². The molecule has 0 radical (unpaired) electrons. The molecule has 0 fully saturated rings. The maximum Gasteiger partial charge on any atom is 0.335 e. The first-order chi connectivity index (χ1) is 15.0. The third-order valence-corrected chi connectivity index (χ3v) is 4.62. The number of imidazole rings is 1. The summed E-state index contributed by atoms with van der Waals surface area (Å²) in [6.45, 7) is 0.194. The van der Waals surface area contributed by atoms with Gasteiger partial charge in [0.05, 0.1) is 23.2 Å². The molecule has 1 amide bonds. The number of benzene rings is 3. The summed E-state index contributed by atoms with van der Waals surface area (Å²) in [6.07, 6.45) is 0. The second kappa shape index (κ2) is 8.68. The fourth-order valence-electron chi connectivity index (χ4n) is 3.06. The van der Waals surface area contributed by atoms with Crippen LogP contribution in [0.4, 0.5) is 5.69 Å². The molecule has 0 saturated carbocycles. The van der Waals surface area contributed by atoms with Gasteiger partial charge in [-0.3, -0.25) is 4.79 Å². The third kappa shape index (κ3) is 4.54. The molecule has 0 bridgehead atoms. The Hall–Kier alpha value is -4.17. The van der Waals surface area contributed by atoms with Crippen LogP contribution < -0.4 is 10.1 Å². The van der Waals surface area contributed by atoms with Crippen molar-refractivity contribution in [1.29, 1.82) is 0 Å². The van der Waals surface area contributed by atoms with Crippen molar-refractivity contribution in [2.75, 3.05) is 18.5 Å². The van der Waals surface area contributed by atoms with E-state index < -0.39 is 5.97 Å². The summed E-state index contributed by atoms with van der Waals surface area (Å²) in [5.41, 5.74) is 3.45. The predicted octanol–water partition coefficient (Wildman–Crippen LogP) is 3.55. The number of aliphatic hydroxyl groups is 1. The van der Waals surface area contributed by atoms with E-state index in [4.69, 9.17) is 14.9 Å². The number of aromatic carboxylic acids is 1. The molecule has 8 nitrogen and oxygen atoms in total. The molecular weight excluding hydrogens is 398 g/mol. The minimum Gasteiger partial charge on any atom is -0.491 e. The molecule has 0 aliphatic rings. The van der Waals surface area contributed by atoms with Crippen LogP contribution in [0.2, 0.25) is 0 Å². The number of amides is 1. The van der Waals surface area contributed by atoms with E-state index in [1.165, 1.54) is 24.3 Å². The number of nitrogens with one attached hydrogen (secondary N) is 2.